The van der Waals surface area contributed by atoms with Crippen molar-refractivity contribution in [3.63, 3.8) is 0 Å². The number of benzene rings is 1. The molecule has 0 spiro atoms. The fourth-order valence-electron chi connectivity index (χ4n) is 2.12. The van der Waals surface area contributed by atoms with E-state index in [0.29, 0.717) is 5.56 Å². The maximum Gasteiger partial charge on any atom is 0.255 e. The average Bonchev–Trinajstić information content (AvgIpc) is 3.14. The molecule has 0 radical (unpaired) electrons. The first-order chi connectivity index (χ1) is 11.1. The Hall–Kier alpha value is -2.18. The molecule has 0 unspecified atom stereocenters. The number of rotatable bonds is 4. The molecular formula is C17H16N2O2S2. The van der Waals surface area contributed by atoms with Gasteiger partial charge in [0.2, 0.25) is 0 Å². The van der Waals surface area contributed by atoms with Crippen LogP contribution in [0.15, 0.2) is 35.7 Å². The highest BCUT2D eigenvalue weighted by Crippen LogP contribution is 2.35. The summed E-state index contributed by atoms with van der Waals surface area (Å²) in [6, 6.07) is 9.04. The van der Waals surface area contributed by atoms with Crippen LogP contribution in [0.1, 0.15) is 20.9 Å². The van der Waals surface area contributed by atoms with Crippen molar-refractivity contribution in [3.8, 4) is 15.6 Å². The van der Waals surface area contributed by atoms with Crippen LogP contribution < -0.4 is 10.1 Å². The Morgan fingerprint density at radius 2 is 1.96 bits per heavy atom. The number of aryl methyl sites for hydroxylation is 2. The monoisotopic (exact) mass is 344 g/mol. The van der Waals surface area contributed by atoms with E-state index < -0.39 is 0 Å². The van der Waals surface area contributed by atoms with Crippen molar-refractivity contribution in [2.45, 2.75) is 13.8 Å². The number of hydrogen-bond acceptors (Lipinski definition) is 5. The average molecular weight is 344 g/mol. The van der Waals surface area contributed by atoms with Gasteiger partial charge in [0, 0.05) is 21.5 Å². The van der Waals surface area contributed by atoms with Gasteiger partial charge in [0.05, 0.1) is 17.7 Å². The van der Waals surface area contributed by atoms with Gasteiger partial charge >= 0.3 is 0 Å². The van der Waals surface area contributed by atoms with Gasteiger partial charge in [-0.2, -0.15) is 0 Å². The van der Waals surface area contributed by atoms with Crippen LogP contribution in [0.3, 0.4) is 0 Å². The summed E-state index contributed by atoms with van der Waals surface area (Å²) in [7, 11) is 1.60. The summed E-state index contributed by atoms with van der Waals surface area (Å²) in [6.07, 6.45) is 0. The van der Waals surface area contributed by atoms with Crippen molar-refractivity contribution in [2.24, 2.45) is 0 Å². The van der Waals surface area contributed by atoms with Gasteiger partial charge in [-0.25, -0.2) is 4.98 Å². The van der Waals surface area contributed by atoms with Crippen LogP contribution in [0.25, 0.3) is 9.88 Å². The molecule has 4 nitrogen and oxygen atoms in total. The molecule has 0 aliphatic heterocycles. The predicted octanol–water partition coefficient (Wildman–Crippen LogP) is 4.75. The van der Waals surface area contributed by atoms with Crippen LogP contribution in [0.5, 0.6) is 5.75 Å². The van der Waals surface area contributed by atoms with Gasteiger partial charge in [0.15, 0.2) is 0 Å². The van der Waals surface area contributed by atoms with Crippen LogP contribution in [0, 0.1) is 13.8 Å². The van der Waals surface area contributed by atoms with Gasteiger partial charge in [0.25, 0.3) is 5.91 Å². The Kier molecular flexibility index (Phi) is 4.45. The lowest BCUT2D eigenvalue weighted by molar-refractivity contribution is 0.102. The summed E-state index contributed by atoms with van der Waals surface area (Å²) in [4.78, 5) is 19.0. The predicted molar refractivity (Wildman–Crippen MR) is 95.8 cm³/mol. The van der Waals surface area contributed by atoms with E-state index in [1.54, 1.807) is 54.0 Å². The smallest absolute Gasteiger partial charge is 0.255 e. The van der Waals surface area contributed by atoms with Crippen molar-refractivity contribution in [3.05, 3.63) is 51.8 Å². The third kappa shape index (κ3) is 3.43. The number of anilines is 1. The van der Waals surface area contributed by atoms with Gasteiger partial charge in [0.1, 0.15) is 10.8 Å². The third-order valence-electron chi connectivity index (χ3n) is 3.35. The standard InChI is InChI=1S/C17H16N2O2S2/c1-10-9-22-17(18-10)15-8-14(11(2)23-15)19-16(20)12-4-6-13(21-3)7-5-12/h4-9H,1-3H3,(H,19,20). The van der Waals surface area contributed by atoms with E-state index in [2.05, 4.69) is 10.3 Å². The Morgan fingerprint density at radius 1 is 1.22 bits per heavy atom. The fraction of sp³-hybridized carbons (Fsp3) is 0.176. The van der Waals surface area contributed by atoms with E-state index in [9.17, 15) is 4.79 Å². The van der Waals surface area contributed by atoms with Crippen molar-refractivity contribution in [1.29, 1.82) is 0 Å². The Bertz CT molecular complexity index is 835. The number of hydrogen-bond donors (Lipinski definition) is 1. The molecule has 3 rings (SSSR count). The molecule has 6 heteroatoms. The molecule has 0 fully saturated rings. The van der Waals surface area contributed by atoms with Crippen molar-refractivity contribution < 1.29 is 9.53 Å². The molecule has 1 amide bonds. The van der Waals surface area contributed by atoms with Gasteiger partial charge in [-0.15, -0.1) is 22.7 Å². The Morgan fingerprint density at radius 3 is 2.57 bits per heavy atom. The van der Waals surface area contributed by atoms with E-state index in [0.717, 1.165) is 31.9 Å². The van der Waals surface area contributed by atoms with Crippen LogP contribution in [0.2, 0.25) is 0 Å². The minimum Gasteiger partial charge on any atom is -0.497 e. The van der Waals surface area contributed by atoms with E-state index >= 15 is 0 Å². The SMILES string of the molecule is COc1ccc(C(=O)Nc2cc(-c3nc(C)cs3)sc2C)cc1. The Balaban J connectivity index is 1.79. The first-order valence-corrected chi connectivity index (χ1v) is 8.75. The largest absolute Gasteiger partial charge is 0.497 e. The van der Waals surface area contributed by atoms with Gasteiger partial charge in [-0.1, -0.05) is 0 Å². The molecule has 1 aromatic carbocycles. The second kappa shape index (κ2) is 6.52. The normalized spacial score (nSPS) is 10.6. The number of nitrogens with zero attached hydrogens (tertiary/aromatic N) is 1. The number of amides is 1. The zero-order chi connectivity index (χ0) is 16.4. The number of thiazole rings is 1. The van der Waals surface area contributed by atoms with E-state index in [1.165, 1.54) is 0 Å². The molecule has 0 bridgehead atoms. The number of methoxy groups -OCH3 is 1. The zero-order valence-electron chi connectivity index (χ0n) is 13.0. The molecule has 0 aliphatic rings. The molecule has 23 heavy (non-hydrogen) atoms. The summed E-state index contributed by atoms with van der Waals surface area (Å²) in [5.74, 6) is 0.602. The van der Waals surface area contributed by atoms with Crippen LogP contribution >= 0.6 is 22.7 Å². The van der Waals surface area contributed by atoms with E-state index in [4.69, 9.17) is 4.74 Å². The van der Waals surface area contributed by atoms with Crippen molar-refractivity contribution in [1.82, 2.24) is 4.98 Å². The second-order valence-electron chi connectivity index (χ2n) is 5.06. The lowest BCUT2D eigenvalue weighted by Gasteiger charge is -2.05. The molecule has 2 heterocycles. The van der Waals surface area contributed by atoms with E-state index in [1.807, 2.05) is 25.3 Å². The third-order valence-corrected chi connectivity index (χ3v) is 5.53. The summed E-state index contributed by atoms with van der Waals surface area (Å²) < 4.78 is 5.10. The zero-order valence-corrected chi connectivity index (χ0v) is 14.7. The van der Waals surface area contributed by atoms with Crippen LogP contribution in [-0.2, 0) is 0 Å². The summed E-state index contributed by atoms with van der Waals surface area (Å²) >= 11 is 3.25. The minimum atomic E-state index is -0.129. The van der Waals surface area contributed by atoms with Gasteiger partial charge < -0.3 is 10.1 Å². The molecule has 118 valence electrons. The summed E-state index contributed by atoms with van der Waals surface area (Å²) in [6.45, 7) is 3.98. The van der Waals surface area contributed by atoms with Gasteiger partial charge in [-0.3, -0.25) is 4.79 Å². The highest BCUT2D eigenvalue weighted by atomic mass is 32.1. The number of ether oxygens (including phenoxy) is 1. The second-order valence-corrected chi connectivity index (χ2v) is 7.17. The summed E-state index contributed by atoms with van der Waals surface area (Å²) in [5, 5.41) is 5.98. The molecule has 0 atom stereocenters. The van der Waals surface area contributed by atoms with Crippen LogP contribution in [0.4, 0.5) is 5.69 Å². The fourth-order valence-corrected chi connectivity index (χ4v) is 3.95. The number of nitrogens with one attached hydrogen (secondary N) is 1. The quantitative estimate of drug-likeness (QED) is 0.743. The molecular weight excluding hydrogens is 328 g/mol. The first-order valence-electron chi connectivity index (χ1n) is 7.05. The first kappa shape index (κ1) is 15.7. The molecule has 1 N–H and O–H groups in total. The highest BCUT2D eigenvalue weighted by Gasteiger charge is 2.13. The molecule has 0 saturated carbocycles. The molecule has 0 saturated heterocycles. The molecule has 0 aliphatic carbocycles. The minimum absolute atomic E-state index is 0.129. The summed E-state index contributed by atoms with van der Waals surface area (Å²) in [5.41, 5.74) is 2.45. The number of carbonyl (C=O) groups is 1. The number of carbonyl (C=O) groups excluding carboxylic acids is 1. The van der Waals surface area contributed by atoms with Crippen molar-refractivity contribution in [2.75, 3.05) is 12.4 Å². The van der Waals surface area contributed by atoms with Crippen molar-refractivity contribution >= 4 is 34.3 Å². The maximum absolute atomic E-state index is 12.4. The van der Waals surface area contributed by atoms with Crippen LogP contribution in [-0.4, -0.2) is 18.0 Å². The molecule has 2 aromatic heterocycles. The lowest BCUT2D eigenvalue weighted by atomic mass is 10.2. The number of aromatic nitrogens is 1. The lowest BCUT2D eigenvalue weighted by Crippen LogP contribution is -2.11. The Labute approximate surface area is 142 Å². The molecule has 3 aromatic rings. The highest BCUT2D eigenvalue weighted by molar-refractivity contribution is 7.21. The topological polar surface area (TPSA) is 51.2 Å². The maximum atomic E-state index is 12.4. The van der Waals surface area contributed by atoms with Gasteiger partial charge in [-0.05, 0) is 44.2 Å². The van der Waals surface area contributed by atoms with E-state index in [-0.39, 0.29) is 5.91 Å². The number of thiophene rings is 1.